The summed E-state index contributed by atoms with van der Waals surface area (Å²) in [6, 6.07) is 7.22. The molecule has 0 bridgehead atoms. The third kappa shape index (κ3) is 5.10. The SMILES string of the molecule is CCOc1ccc(-n2cc(-c3cnn(C)c3)c(OCCOC(C)C)cc2=O)c(C)c1. The summed E-state index contributed by atoms with van der Waals surface area (Å²) in [5.41, 5.74) is 3.23. The van der Waals surface area contributed by atoms with E-state index in [1.165, 1.54) is 6.07 Å². The Morgan fingerprint density at radius 2 is 1.90 bits per heavy atom. The molecule has 3 aromatic rings. The number of hydrogen-bond donors (Lipinski definition) is 0. The highest BCUT2D eigenvalue weighted by Crippen LogP contribution is 2.30. The molecule has 0 unspecified atom stereocenters. The number of ether oxygens (including phenoxy) is 3. The first-order valence-corrected chi connectivity index (χ1v) is 10.1. The first-order chi connectivity index (χ1) is 14.4. The van der Waals surface area contributed by atoms with Crippen LogP contribution in [0.3, 0.4) is 0 Å². The van der Waals surface area contributed by atoms with Crippen molar-refractivity contribution in [2.24, 2.45) is 7.05 Å². The first kappa shape index (κ1) is 21.6. The minimum atomic E-state index is -0.172. The standard InChI is InChI=1S/C23H29N3O4/c1-6-28-19-7-8-21(17(4)11-19)26-15-20(18-13-24-25(5)14-18)22(12-23(26)27)30-10-9-29-16(2)3/h7-8,11-16H,6,9-10H2,1-5H3. The molecule has 2 aromatic heterocycles. The molecule has 0 spiro atoms. The van der Waals surface area contributed by atoms with Gasteiger partial charge in [-0.25, -0.2) is 0 Å². The maximum Gasteiger partial charge on any atom is 0.258 e. The summed E-state index contributed by atoms with van der Waals surface area (Å²) < 4.78 is 20.4. The van der Waals surface area contributed by atoms with Crippen molar-refractivity contribution in [1.82, 2.24) is 14.3 Å². The van der Waals surface area contributed by atoms with Gasteiger partial charge in [0.15, 0.2) is 0 Å². The highest BCUT2D eigenvalue weighted by atomic mass is 16.5. The van der Waals surface area contributed by atoms with Gasteiger partial charge in [-0.05, 0) is 51.5 Å². The second kappa shape index (κ2) is 9.63. The lowest BCUT2D eigenvalue weighted by Gasteiger charge is -2.16. The van der Waals surface area contributed by atoms with Crippen LogP contribution in [0.1, 0.15) is 26.3 Å². The summed E-state index contributed by atoms with van der Waals surface area (Å²) in [5.74, 6) is 1.30. The van der Waals surface area contributed by atoms with Crippen molar-refractivity contribution in [3.8, 4) is 28.3 Å². The van der Waals surface area contributed by atoms with E-state index < -0.39 is 0 Å². The van der Waals surface area contributed by atoms with E-state index in [1.807, 2.05) is 59.1 Å². The van der Waals surface area contributed by atoms with Gasteiger partial charge in [0.25, 0.3) is 5.56 Å². The molecular weight excluding hydrogens is 382 g/mol. The van der Waals surface area contributed by atoms with E-state index in [0.29, 0.717) is 25.6 Å². The molecule has 0 N–H and O–H groups in total. The molecule has 1 aromatic carbocycles. The van der Waals surface area contributed by atoms with Crippen LogP contribution in [0.25, 0.3) is 16.8 Å². The zero-order valence-electron chi connectivity index (χ0n) is 18.2. The van der Waals surface area contributed by atoms with E-state index in [1.54, 1.807) is 21.6 Å². The molecule has 0 aliphatic carbocycles. The predicted molar refractivity (Wildman–Crippen MR) is 117 cm³/mol. The Hall–Kier alpha value is -3.06. The average molecular weight is 412 g/mol. The summed E-state index contributed by atoms with van der Waals surface area (Å²) in [7, 11) is 1.85. The molecule has 7 heteroatoms. The normalized spacial score (nSPS) is 11.1. The summed E-state index contributed by atoms with van der Waals surface area (Å²) in [6.07, 6.45) is 5.59. The van der Waals surface area contributed by atoms with Gasteiger partial charge in [0, 0.05) is 36.6 Å². The number of pyridine rings is 1. The zero-order chi connectivity index (χ0) is 21.7. The Kier molecular flexibility index (Phi) is 6.95. The zero-order valence-corrected chi connectivity index (χ0v) is 18.2. The van der Waals surface area contributed by atoms with Crippen LogP contribution in [0.4, 0.5) is 0 Å². The lowest BCUT2D eigenvalue weighted by atomic mass is 10.1. The van der Waals surface area contributed by atoms with Crippen LogP contribution in [0.2, 0.25) is 0 Å². The van der Waals surface area contributed by atoms with Gasteiger partial charge in [-0.15, -0.1) is 0 Å². The molecule has 2 heterocycles. The molecule has 0 atom stereocenters. The molecule has 0 radical (unpaired) electrons. The van der Waals surface area contributed by atoms with E-state index in [9.17, 15) is 4.79 Å². The average Bonchev–Trinajstić information content (AvgIpc) is 3.12. The maximum absolute atomic E-state index is 12.9. The fourth-order valence-electron chi connectivity index (χ4n) is 3.19. The largest absolute Gasteiger partial charge is 0.494 e. The maximum atomic E-state index is 12.9. The van der Waals surface area contributed by atoms with Gasteiger partial charge in [-0.2, -0.15) is 5.10 Å². The lowest BCUT2D eigenvalue weighted by Crippen LogP contribution is -2.19. The highest BCUT2D eigenvalue weighted by molar-refractivity contribution is 5.69. The minimum absolute atomic E-state index is 0.127. The number of aromatic nitrogens is 3. The second-order valence-electron chi connectivity index (χ2n) is 7.31. The number of aryl methyl sites for hydroxylation is 2. The molecule has 0 aliphatic heterocycles. The Balaban J connectivity index is 2.00. The molecular formula is C23H29N3O4. The second-order valence-corrected chi connectivity index (χ2v) is 7.31. The predicted octanol–water partition coefficient (Wildman–Crippen LogP) is 3.75. The summed E-state index contributed by atoms with van der Waals surface area (Å²) in [4.78, 5) is 12.9. The van der Waals surface area contributed by atoms with E-state index >= 15 is 0 Å². The quantitative estimate of drug-likeness (QED) is 0.502. The van der Waals surface area contributed by atoms with Crippen molar-refractivity contribution in [3.05, 3.63) is 58.8 Å². The monoisotopic (exact) mass is 411 g/mol. The molecule has 0 amide bonds. The Morgan fingerprint density at radius 3 is 2.53 bits per heavy atom. The van der Waals surface area contributed by atoms with Crippen molar-refractivity contribution in [2.45, 2.75) is 33.8 Å². The smallest absolute Gasteiger partial charge is 0.258 e. The van der Waals surface area contributed by atoms with Crippen molar-refractivity contribution in [1.29, 1.82) is 0 Å². The lowest BCUT2D eigenvalue weighted by molar-refractivity contribution is 0.0553. The van der Waals surface area contributed by atoms with Gasteiger partial charge in [0.1, 0.15) is 18.1 Å². The van der Waals surface area contributed by atoms with Gasteiger partial charge in [0.2, 0.25) is 0 Å². The summed E-state index contributed by atoms with van der Waals surface area (Å²) in [6.45, 7) is 9.25. The van der Waals surface area contributed by atoms with E-state index in [-0.39, 0.29) is 11.7 Å². The van der Waals surface area contributed by atoms with Gasteiger partial charge in [-0.1, -0.05) is 0 Å². The van der Waals surface area contributed by atoms with Gasteiger partial charge in [0.05, 0.1) is 31.2 Å². The van der Waals surface area contributed by atoms with Crippen LogP contribution in [-0.4, -0.2) is 40.3 Å². The molecule has 160 valence electrons. The molecule has 7 nitrogen and oxygen atoms in total. The highest BCUT2D eigenvalue weighted by Gasteiger charge is 2.14. The van der Waals surface area contributed by atoms with Gasteiger partial charge >= 0.3 is 0 Å². The van der Waals surface area contributed by atoms with Gasteiger partial charge in [-0.3, -0.25) is 14.0 Å². The molecule has 0 aliphatic rings. The van der Waals surface area contributed by atoms with Crippen molar-refractivity contribution in [2.75, 3.05) is 19.8 Å². The minimum Gasteiger partial charge on any atom is -0.494 e. The molecule has 0 saturated heterocycles. The number of benzene rings is 1. The van der Waals surface area contributed by atoms with Crippen LogP contribution in [0.15, 0.2) is 47.7 Å². The fourth-order valence-corrected chi connectivity index (χ4v) is 3.19. The number of nitrogens with zero attached hydrogens (tertiary/aromatic N) is 3. The Labute approximate surface area is 176 Å². The van der Waals surface area contributed by atoms with Gasteiger partial charge < -0.3 is 14.2 Å². The van der Waals surface area contributed by atoms with Crippen molar-refractivity contribution < 1.29 is 14.2 Å². The fraction of sp³-hybridized carbons (Fsp3) is 0.391. The third-order valence-corrected chi connectivity index (χ3v) is 4.56. The summed E-state index contributed by atoms with van der Waals surface area (Å²) >= 11 is 0. The van der Waals surface area contributed by atoms with E-state index in [2.05, 4.69) is 5.10 Å². The van der Waals surface area contributed by atoms with Crippen LogP contribution >= 0.6 is 0 Å². The van der Waals surface area contributed by atoms with E-state index in [4.69, 9.17) is 14.2 Å². The van der Waals surface area contributed by atoms with Crippen LogP contribution in [0, 0.1) is 6.92 Å². The molecule has 0 saturated carbocycles. The van der Waals surface area contributed by atoms with E-state index in [0.717, 1.165) is 28.1 Å². The topological polar surface area (TPSA) is 67.5 Å². The van der Waals surface area contributed by atoms with Crippen molar-refractivity contribution >= 4 is 0 Å². The van der Waals surface area contributed by atoms with Crippen LogP contribution < -0.4 is 15.0 Å². The molecule has 0 fully saturated rings. The number of rotatable bonds is 9. The van der Waals surface area contributed by atoms with Crippen molar-refractivity contribution in [3.63, 3.8) is 0 Å². The molecule has 30 heavy (non-hydrogen) atoms. The number of hydrogen-bond acceptors (Lipinski definition) is 5. The Morgan fingerprint density at radius 1 is 1.10 bits per heavy atom. The van der Waals surface area contributed by atoms with Crippen LogP contribution in [0.5, 0.6) is 11.5 Å². The first-order valence-electron chi connectivity index (χ1n) is 10.1. The summed E-state index contributed by atoms with van der Waals surface area (Å²) in [5, 5.41) is 4.26. The van der Waals surface area contributed by atoms with Crippen LogP contribution in [-0.2, 0) is 11.8 Å². The Bertz CT molecular complexity index is 1050. The third-order valence-electron chi connectivity index (χ3n) is 4.56. The molecule has 3 rings (SSSR count).